The van der Waals surface area contributed by atoms with Gasteiger partial charge in [-0.3, -0.25) is 4.99 Å². The number of hydrogen-bond acceptors (Lipinski definition) is 5. The highest BCUT2D eigenvalue weighted by Crippen LogP contribution is 2.19. The second kappa shape index (κ2) is 12.9. The smallest absolute Gasteiger partial charge is 0.228 e. The summed E-state index contributed by atoms with van der Waals surface area (Å²) in [6.07, 6.45) is 1.54. The Balaban J connectivity index is 0.00000338. The number of halogens is 2. The molecule has 2 aromatic rings. The van der Waals surface area contributed by atoms with Gasteiger partial charge in [-0.15, -0.1) is 24.0 Å². The van der Waals surface area contributed by atoms with Gasteiger partial charge in [0.25, 0.3) is 0 Å². The number of ether oxygens (including phenoxy) is 1. The average molecular weight is 494 g/mol. The van der Waals surface area contributed by atoms with E-state index in [2.05, 4.69) is 25.8 Å². The molecular formula is C17H25ClIN5O2. The molecule has 0 aliphatic rings. The van der Waals surface area contributed by atoms with Crippen LogP contribution in [0.5, 0.6) is 0 Å². The van der Waals surface area contributed by atoms with Crippen LogP contribution in [-0.2, 0) is 11.2 Å². The van der Waals surface area contributed by atoms with E-state index in [1.165, 1.54) is 0 Å². The van der Waals surface area contributed by atoms with E-state index in [0.29, 0.717) is 29.7 Å². The third kappa shape index (κ3) is 7.88. The molecule has 1 aromatic heterocycles. The molecule has 9 heteroatoms. The van der Waals surface area contributed by atoms with Crippen LogP contribution in [0, 0.1) is 0 Å². The summed E-state index contributed by atoms with van der Waals surface area (Å²) < 4.78 is 10.6. The Morgan fingerprint density at radius 3 is 2.85 bits per heavy atom. The van der Waals surface area contributed by atoms with E-state index in [1.54, 1.807) is 7.05 Å². The van der Waals surface area contributed by atoms with Gasteiger partial charge in [-0.25, -0.2) is 0 Å². The SMILES string of the molecule is CCOCCCNC(=NC)NCCc1nc(-c2cccc(Cl)c2)no1.I. The number of aromatic nitrogens is 2. The highest BCUT2D eigenvalue weighted by molar-refractivity contribution is 14.0. The van der Waals surface area contributed by atoms with E-state index < -0.39 is 0 Å². The van der Waals surface area contributed by atoms with Crippen LogP contribution in [0.25, 0.3) is 11.4 Å². The van der Waals surface area contributed by atoms with Gasteiger partial charge in [-0.2, -0.15) is 4.98 Å². The van der Waals surface area contributed by atoms with E-state index in [1.807, 2.05) is 31.2 Å². The molecule has 0 unspecified atom stereocenters. The molecule has 7 nitrogen and oxygen atoms in total. The van der Waals surface area contributed by atoms with Gasteiger partial charge in [0, 0.05) is 50.4 Å². The fourth-order valence-electron chi connectivity index (χ4n) is 2.14. The zero-order chi connectivity index (χ0) is 17.9. The highest BCUT2D eigenvalue weighted by Gasteiger charge is 2.09. The van der Waals surface area contributed by atoms with Gasteiger partial charge in [0.2, 0.25) is 11.7 Å². The maximum absolute atomic E-state index is 5.98. The number of aliphatic imine (C=N–C) groups is 1. The molecule has 2 rings (SSSR count). The Bertz CT molecular complexity index is 681. The van der Waals surface area contributed by atoms with Crippen molar-refractivity contribution in [3.8, 4) is 11.4 Å². The van der Waals surface area contributed by atoms with Gasteiger partial charge in [-0.05, 0) is 25.5 Å². The number of nitrogens with one attached hydrogen (secondary N) is 2. The number of rotatable bonds is 9. The molecule has 1 heterocycles. The number of hydrogen-bond donors (Lipinski definition) is 2. The first-order valence-electron chi connectivity index (χ1n) is 8.33. The van der Waals surface area contributed by atoms with E-state index >= 15 is 0 Å². The van der Waals surface area contributed by atoms with Gasteiger partial charge >= 0.3 is 0 Å². The third-order valence-electron chi connectivity index (χ3n) is 3.37. The van der Waals surface area contributed by atoms with Crippen molar-refractivity contribution >= 4 is 41.5 Å². The molecule has 0 bridgehead atoms. The minimum Gasteiger partial charge on any atom is -0.382 e. The fourth-order valence-corrected chi connectivity index (χ4v) is 2.33. The van der Waals surface area contributed by atoms with Gasteiger partial charge in [-0.1, -0.05) is 28.9 Å². The summed E-state index contributed by atoms with van der Waals surface area (Å²) in [7, 11) is 1.74. The van der Waals surface area contributed by atoms with Crippen molar-refractivity contribution in [1.29, 1.82) is 0 Å². The standard InChI is InChI=1S/C17H24ClN5O2.HI/c1-3-24-11-5-9-20-17(19-2)21-10-8-15-22-16(23-25-15)13-6-4-7-14(18)12-13;/h4,6-7,12H,3,5,8-11H2,1-2H3,(H2,19,20,21);1H. The number of nitrogens with zero attached hydrogens (tertiary/aromatic N) is 3. The lowest BCUT2D eigenvalue weighted by Crippen LogP contribution is -2.39. The lowest BCUT2D eigenvalue weighted by Gasteiger charge is -2.10. The summed E-state index contributed by atoms with van der Waals surface area (Å²) in [5.41, 5.74) is 0.835. The average Bonchev–Trinajstić information content (AvgIpc) is 3.09. The molecular weight excluding hydrogens is 469 g/mol. The first kappa shape index (κ1) is 22.7. The zero-order valence-corrected chi connectivity index (χ0v) is 18.1. The number of guanidine groups is 1. The van der Waals surface area contributed by atoms with Crippen molar-refractivity contribution < 1.29 is 9.26 Å². The largest absolute Gasteiger partial charge is 0.382 e. The van der Waals surface area contributed by atoms with Crippen LogP contribution in [0.3, 0.4) is 0 Å². The monoisotopic (exact) mass is 493 g/mol. The second-order valence-corrected chi connectivity index (χ2v) is 5.68. The van der Waals surface area contributed by atoms with Gasteiger partial charge in [0.05, 0.1) is 0 Å². The molecule has 0 amide bonds. The second-order valence-electron chi connectivity index (χ2n) is 5.25. The van der Waals surface area contributed by atoms with Crippen LogP contribution in [0.1, 0.15) is 19.2 Å². The molecule has 0 fully saturated rings. The molecule has 0 atom stereocenters. The normalized spacial score (nSPS) is 11.1. The van der Waals surface area contributed by atoms with Gasteiger partial charge in [0.15, 0.2) is 5.96 Å². The Hall–Kier alpha value is -1.39. The van der Waals surface area contributed by atoms with Crippen LogP contribution in [0.2, 0.25) is 5.02 Å². The molecule has 0 aliphatic heterocycles. The Morgan fingerprint density at radius 1 is 1.31 bits per heavy atom. The zero-order valence-electron chi connectivity index (χ0n) is 15.0. The van der Waals surface area contributed by atoms with Crippen molar-refractivity contribution in [2.75, 3.05) is 33.4 Å². The van der Waals surface area contributed by atoms with Gasteiger partial charge < -0.3 is 19.9 Å². The van der Waals surface area contributed by atoms with Crippen molar-refractivity contribution in [3.05, 3.63) is 35.2 Å². The molecule has 0 saturated heterocycles. The molecule has 0 saturated carbocycles. The molecule has 0 radical (unpaired) electrons. The Kier molecular flexibility index (Phi) is 11.2. The summed E-state index contributed by atoms with van der Waals surface area (Å²) in [5, 5.41) is 11.1. The minimum absolute atomic E-state index is 0. The maximum Gasteiger partial charge on any atom is 0.228 e. The summed E-state index contributed by atoms with van der Waals surface area (Å²) in [6, 6.07) is 7.37. The molecule has 1 aromatic carbocycles. The summed E-state index contributed by atoms with van der Waals surface area (Å²) in [6.45, 7) is 4.92. The first-order valence-corrected chi connectivity index (χ1v) is 8.71. The van der Waals surface area contributed by atoms with Crippen molar-refractivity contribution in [2.45, 2.75) is 19.8 Å². The quantitative estimate of drug-likeness (QED) is 0.242. The third-order valence-corrected chi connectivity index (χ3v) is 3.60. The maximum atomic E-state index is 5.98. The van der Waals surface area contributed by atoms with Crippen LogP contribution < -0.4 is 10.6 Å². The van der Waals surface area contributed by atoms with E-state index in [-0.39, 0.29) is 24.0 Å². The predicted octanol–water partition coefficient (Wildman–Crippen LogP) is 3.14. The molecule has 0 spiro atoms. The first-order chi connectivity index (χ1) is 12.2. The van der Waals surface area contributed by atoms with Crippen LogP contribution in [0.15, 0.2) is 33.8 Å². The molecule has 0 aliphatic carbocycles. The Labute approximate surface area is 176 Å². The molecule has 26 heavy (non-hydrogen) atoms. The fraction of sp³-hybridized carbons (Fsp3) is 0.471. The topological polar surface area (TPSA) is 84.6 Å². The van der Waals surface area contributed by atoms with E-state index in [9.17, 15) is 0 Å². The van der Waals surface area contributed by atoms with Crippen LogP contribution in [0.4, 0.5) is 0 Å². The summed E-state index contributed by atoms with van der Waals surface area (Å²) >= 11 is 5.98. The molecule has 144 valence electrons. The van der Waals surface area contributed by atoms with Gasteiger partial charge in [0.1, 0.15) is 0 Å². The molecule has 2 N–H and O–H groups in total. The minimum atomic E-state index is 0. The highest BCUT2D eigenvalue weighted by atomic mass is 127. The van der Waals surface area contributed by atoms with E-state index in [4.69, 9.17) is 20.9 Å². The van der Waals surface area contributed by atoms with Crippen LogP contribution >= 0.6 is 35.6 Å². The summed E-state index contributed by atoms with van der Waals surface area (Å²) in [4.78, 5) is 8.56. The Morgan fingerprint density at radius 2 is 2.12 bits per heavy atom. The lowest BCUT2D eigenvalue weighted by molar-refractivity contribution is 0.145. The van der Waals surface area contributed by atoms with Crippen LogP contribution in [-0.4, -0.2) is 49.5 Å². The van der Waals surface area contributed by atoms with Crippen molar-refractivity contribution in [2.24, 2.45) is 4.99 Å². The van der Waals surface area contributed by atoms with Crippen molar-refractivity contribution in [1.82, 2.24) is 20.8 Å². The predicted molar refractivity (Wildman–Crippen MR) is 114 cm³/mol. The van der Waals surface area contributed by atoms with E-state index in [0.717, 1.165) is 37.7 Å². The van der Waals surface area contributed by atoms with Crippen molar-refractivity contribution in [3.63, 3.8) is 0 Å². The summed E-state index contributed by atoms with van der Waals surface area (Å²) in [5.74, 6) is 1.84. The number of benzene rings is 1. The lowest BCUT2D eigenvalue weighted by atomic mass is 10.2.